The van der Waals surface area contributed by atoms with Crippen LogP contribution in [-0.2, 0) is 6.42 Å². The van der Waals surface area contributed by atoms with Gasteiger partial charge in [-0.05, 0) is 12.1 Å². The monoisotopic (exact) mass is 314 g/mol. The Bertz CT molecular complexity index is 680. The fourth-order valence-corrected chi connectivity index (χ4v) is 2.24. The summed E-state index contributed by atoms with van der Waals surface area (Å²) in [6.45, 7) is 0. The van der Waals surface area contributed by atoms with Crippen LogP contribution in [0.15, 0.2) is 24.4 Å². The smallest absolute Gasteiger partial charge is 0.217 e. The highest BCUT2D eigenvalue weighted by atomic mass is 35.5. The van der Waals surface area contributed by atoms with Crippen LogP contribution in [0.1, 0.15) is 5.56 Å². The molecule has 0 saturated heterocycles. The quantitative estimate of drug-likeness (QED) is 0.583. The standard InChI is InChI=1S/C13H6Cl3FN2/c14-10-2-1-9(11(15)12(10)16)8-5-7(3-4-18)13(17)19-6-8/h1-2,5-6H,3H2. The van der Waals surface area contributed by atoms with Gasteiger partial charge in [-0.3, -0.25) is 0 Å². The summed E-state index contributed by atoms with van der Waals surface area (Å²) in [7, 11) is 0. The van der Waals surface area contributed by atoms with Crippen LogP contribution in [0.3, 0.4) is 0 Å². The molecule has 0 amide bonds. The van der Waals surface area contributed by atoms with E-state index in [4.69, 9.17) is 40.1 Å². The Hall–Kier alpha value is -1.34. The van der Waals surface area contributed by atoms with Crippen molar-refractivity contribution in [2.24, 2.45) is 0 Å². The van der Waals surface area contributed by atoms with Crippen molar-refractivity contribution in [2.45, 2.75) is 6.42 Å². The number of rotatable bonds is 2. The van der Waals surface area contributed by atoms with Gasteiger partial charge < -0.3 is 0 Å². The summed E-state index contributed by atoms with van der Waals surface area (Å²) in [5.41, 5.74) is 1.38. The minimum atomic E-state index is -0.665. The SMILES string of the molecule is N#CCc1cc(-c2ccc(Cl)c(Cl)c2Cl)cnc1F. The summed E-state index contributed by atoms with van der Waals surface area (Å²) < 4.78 is 13.4. The molecule has 0 unspecified atom stereocenters. The molecule has 0 radical (unpaired) electrons. The second-order valence-electron chi connectivity index (χ2n) is 3.73. The summed E-state index contributed by atoms with van der Waals surface area (Å²) in [5, 5.41) is 9.47. The minimum Gasteiger partial charge on any atom is -0.227 e. The molecule has 0 aliphatic rings. The summed E-state index contributed by atoms with van der Waals surface area (Å²) in [4.78, 5) is 3.61. The van der Waals surface area contributed by atoms with Crippen LogP contribution in [-0.4, -0.2) is 4.98 Å². The first-order valence-corrected chi connectivity index (χ1v) is 6.33. The van der Waals surface area contributed by atoms with Crippen LogP contribution in [0.5, 0.6) is 0 Å². The Labute approximate surface area is 124 Å². The lowest BCUT2D eigenvalue weighted by Crippen LogP contribution is -1.94. The van der Waals surface area contributed by atoms with Crippen molar-refractivity contribution in [2.75, 3.05) is 0 Å². The zero-order valence-corrected chi connectivity index (χ0v) is 11.7. The number of pyridine rings is 1. The van der Waals surface area contributed by atoms with Crippen molar-refractivity contribution in [1.82, 2.24) is 4.98 Å². The van der Waals surface area contributed by atoms with Crippen molar-refractivity contribution in [3.8, 4) is 17.2 Å². The molecule has 0 fully saturated rings. The van der Waals surface area contributed by atoms with Gasteiger partial charge in [0.1, 0.15) is 0 Å². The molecule has 0 aliphatic heterocycles. The van der Waals surface area contributed by atoms with Crippen molar-refractivity contribution in [3.63, 3.8) is 0 Å². The summed E-state index contributed by atoms with van der Waals surface area (Å²) in [5.74, 6) is -0.665. The van der Waals surface area contributed by atoms with Gasteiger partial charge in [0.25, 0.3) is 0 Å². The van der Waals surface area contributed by atoms with Gasteiger partial charge in [-0.15, -0.1) is 0 Å². The molecule has 2 nitrogen and oxygen atoms in total. The number of hydrogen-bond acceptors (Lipinski definition) is 2. The van der Waals surface area contributed by atoms with Crippen molar-refractivity contribution >= 4 is 34.8 Å². The van der Waals surface area contributed by atoms with Gasteiger partial charge in [-0.2, -0.15) is 9.65 Å². The fraction of sp³-hybridized carbons (Fsp3) is 0.0769. The largest absolute Gasteiger partial charge is 0.227 e. The molecule has 2 aromatic rings. The van der Waals surface area contributed by atoms with Crippen molar-refractivity contribution in [1.29, 1.82) is 5.26 Å². The molecule has 0 bridgehead atoms. The molecule has 0 N–H and O–H groups in total. The molecule has 2 rings (SSSR count). The van der Waals surface area contributed by atoms with E-state index in [1.165, 1.54) is 12.3 Å². The summed E-state index contributed by atoms with van der Waals surface area (Å²) >= 11 is 17.9. The van der Waals surface area contributed by atoms with E-state index in [2.05, 4.69) is 4.98 Å². The third-order valence-corrected chi connectivity index (χ3v) is 3.82. The van der Waals surface area contributed by atoms with Crippen LogP contribution in [0, 0.1) is 17.3 Å². The average molecular weight is 316 g/mol. The van der Waals surface area contributed by atoms with E-state index in [1.54, 1.807) is 12.1 Å². The third kappa shape index (κ3) is 2.82. The van der Waals surface area contributed by atoms with E-state index in [0.29, 0.717) is 16.1 Å². The van der Waals surface area contributed by atoms with Gasteiger partial charge in [0.05, 0.1) is 27.6 Å². The first kappa shape index (κ1) is 14.1. The molecule has 0 spiro atoms. The maximum Gasteiger partial charge on any atom is 0.217 e. The topological polar surface area (TPSA) is 36.7 Å². The van der Waals surface area contributed by atoms with E-state index < -0.39 is 5.95 Å². The van der Waals surface area contributed by atoms with Crippen molar-refractivity contribution < 1.29 is 4.39 Å². The lowest BCUT2D eigenvalue weighted by Gasteiger charge is -2.08. The second kappa shape index (κ2) is 5.75. The Morgan fingerprint density at radius 1 is 1.21 bits per heavy atom. The van der Waals surface area contributed by atoms with Crippen LogP contribution >= 0.6 is 34.8 Å². The van der Waals surface area contributed by atoms with E-state index in [1.807, 2.05) is 6.07 Å². The van der Waals surface area contributed by atoms with E-state index in [-0.39, 0.29) is 22.0 Å². The predicted molar refractivity (Wildman–Crippen MR) is 74.0 cm³/mol. The molecule has 0 atom stereocenters. The molecule has 0 aliphatic carbocycles. The number of nitrogens with zero attached hydrogens (tertiary/aromatic N) is 2. The lowest BCUT2D eigenvalue weighted by molar-refractivity contribution is 0.571. The van der Waals surface area contributed by atoms with Crippen LogP contribution < -0.4 is 0 Å². The van der Waals surface area contributed by atoms with E-state index in [0.717, 1.165) is 0 Å². The van der Waals surface area contributed by atoms with Crippen LogP contribution in [0.2, 0.25) is 15.1 Å². The molecule has 19 heavy (non-hydrogen) atoms. The van der Waals surface area contributed by atoms with Gasteiger partial charge in [0.15, 0.2) is 0 Å². The zero-order chi connectivity index (χ0) is 14.0. The highest BCUT2D eigenvalue weighted by Crippen LogP contribution is 2.38. The fourth-order valence-electron chi connectivity index (χ4n) is 1.60. The van der Waals surface area contributed by atoms with Gasteiger partial charge in [-0.25, -0.2) is 4.98 Å². The molecule has 6 heteroatoms. The number of halogens is 4. The molecular weight excluding hydrogens is 310 g/mol. The maximum atomic E-state index is 13.4. The normalized spacial score (nSPS) is 10.3. The first-order valence-electron chi connectivity index (χ1n) is 5.20. The van der Waals surface area contributed by atoms with Gasteiger partial charge in [0, 0.05) is 22.9 Å². The number of nitriles is 1. The Kier molecular flexibility index (Phi) is 4.26. The molecule has 1 aromatic heterocycles. The maximum absolute atomic E-state index is 13.4. The Morgan fingerprint density at radius 2 is 1.95 bits per heavy atom. The first-order chi connectivity index (χ1) is 9.04. The van der Waals surface area contributed by atoms with Gasteiger partial charge in [-0.1, -0.05) is 40.9 Å². The highest BCUT2D eigenvalue weighted by molar-refractivity contribution is 6.49. The number of aromatic nitrogens is 1. The number of benzene rings is 1. The molecule has 1 aromatic carbocycles. The molecular formula is C13H6Cl3FN2. The minimum absolute atomic E-state index is 0.0639. The van der Waals surface area contributed by atoms with E-state index >= 15 is 0 Å². The zero-order valence-electron chi connectivity index (χ0n) is 9.42. The van der Waals surface area contributed by atoms with Crippen LogP contribution in [0.4, 0.5) is 4.39 Å². The predicted octanol–water partition coefficient (Wildman–Crippen LogP) is 4.91. The number of hydrogen-bond donors (Lipinski definition) is 0. The Balaban J connectivity index is 2.57. The average Bonchev–Trinajstić information content (AvgIpc) is 2.39. The summed E-state index contributed by atoms with van der Waals surface area (Å²) in [6.07, 6.45) is 1.27. The third-order valence-electron chi connectivity index (χ3n) is 2.53. The molecule has 0 saturated carbocycles. The van der Waals surface area contributed by atoms with Gasteiger partial charge >= 0.3 is 0 Å². The van der Waals surface area contributed by atoms with Gasteiger partial charge in [0.2, 0.25) is 5.95 Å². The Morgan fingerprint density at radius 3 is 2.63 bits per heavy atom. The van der Waals surface area contributed by atoms with Crippen LogP contribution in [0.25, 0.3) is 11.1 Å². The van der Waals surface area contributed by atoms with E-state index in [9.17, 15) is 4.39 Å². The lowest BCUT2D eigenvalue weighted by atomic mass is 10.0. The molecule has 96 valence electrons. The van der Waals surface area contributed by atoms with Crippen molar-refractivity contribution in [3.05, 3.63) is 51.0 Å². The summed E-state index contributed by atoms with van der Waals surface area (Å²) in [6, 6.07) is 6.67. The molecule has 1 heterocycles. The second-order valence-corrected chi connectivity index (χ2v) is 4.89. The highest BCUT2D eigenvalue weighted by Gasteiger charge is 2.13.